The molecule has 4 fully saturated rings. The van der Waals surface area contributed by atoms with Gasteiger partial charge in [-0.05, 0) is 165 Å². The van der Waals surface area contributed by atoms with Gasteiger partial charge in [-0.15, -0.1) is 0 Å². The molecule has 0 radical (unpaired) electrons. The standard InChI is InChI=1S/C75H92N14O16S2/c1-46(2)63(83-59(90)18-7-6-10-29-78-60(91)37-87-61(92)25-26-62(87)93)67(96)89(56(65(77)94)16-12-28-76)70(99)80-50-21-19-48(20-22-50)38-104-71(100)85(32-34-107(101,102)103)31-33-105-75-42-72(4)39-73(5,43-75)41-74(40-72,44-75)45-88-47(3)53(35-79-88)51-23-24-58(82-64(51)68(97)98)86-30-27-49-13-11-14-52(54(49)36-86)66(95)84-69-81-55-15-8-9-17-57(55)106-69/h8-9,11,13-15,17,19-26,35,46,56,63H,6-7,10,12,16,18,27-34,36-45,76H2,1-5H3,(H2,77,94)(H,78,91)(H,80,99)(H,83,90)(H,97,98)(H,81,84,95)(H,101,102,103)/t56-,63-,72?,73?,74?,75?/m0/s1. The Balaban J connectivity index is 0.700. The van der Waals surface area contributed by atoms with Crippen LogP contribution >= 0.6 is 11.3 Å². The number of urea groups is 1. The molecule has 30 nitrogen and oxygen atoms in total. The van der Waals surface area contributed by atoms with Gasteiger partial charge in [0, 0.05) is 85.9 Å². The van der Waals surface area contributed by atoms with E-state index in [9.17, 15) is 66.0 Å². The third-order valence-corrected chi connectivity index (χ3v) is 22.5. The summed E-state index contributed by atoms with van der Waals surface area (Å²) in [6.07, 6.45) is 9.85. The second-order valence-corrected chi connectivity index (χ2v) is 32.6. The Hall–Kier alpha value is -10.0. The van der Waals surface area contributed by atoms with Crippen LogP contribution in [0.15, 0.2) is 97.2 Å². The molecular weight excluding hydrogens is 1420 g/mol. The van der Waals surface area contributed by atoms with E-state index in [4.69, 9.17) is 31.0 Å². The summed E-state index contributed by atoms with van der Waals surface area (Å²) < 4.78 is 49.8. The molecule has 570 valence electrons. The molecule has 4 atom stereocenters. The van der Waals surface area contributed by atoms with Crippen molar-refractivity contribution in [2.75, 3.05) is 67.2 Å². The number of carboxylic acids is 1. The topological polar surface area (TPSA) is 420 Å². The normalized spacial score (nSPS) is 20.6. The maximum Gasteiger partial charge on any atom is 0.410 e. The molecule has 6 aromatic rings. The van der Waals surface area contributed by atoms with Gasteiger partial charge in [-0.1, -0.05) is 81.9 Å². The Kier molecular flexibility index (Phi) is 23.8. The number of imide groups is 2. The van der Waals surface area contributed by atoms with Gasteiger partial charge in [-0.2, -0.15) is 13.5 Å². The number of carbonyl (C=O) groups excluding carboxylic acids is 9. The highest BCUT2D eigenvalue weighted by molar-refractivity contribution is 7.85. The predicted octanol–water partition coefficient (Wildman–Crippen LogP) is 7.73. The van der Waals surface area contributed by atoms with E-state index in [0.717, 1.165) is 81.1 Å². The fourth-order valence-corrected chi connectivity index (χ4v) is 18.3. The van der Waals surface area contributed by atoms with E-state index >= 15 is 0 Å². The number of para-hydroxylation sites is 1. The molecule has 10 N–H and O–H groups in total. The Morgan fingerprint density at radius 3 is 2.22 bits per heavy atom. The number of amides is 10. The number of rotatable bonds is 33. The third kappa shape index (κ3) is 18.7. The predicted molar refractivity (Wildman–Crippen MR) is 397 cm³/mol. The number of nitrogens with one attached hydrogen (secondary N) is 4. The van der Waals surface area contributed by atoms with E-state index in [2.05, 4.69) is 40.1 Å². The summed E-state index contributed by atoms with van der Waals surface area (Å²) in [6, 6.07) is 19.1. The summed E-state index contributed by atoms with van der Waals surface area (Å²) in [5.74, 6) is -6.49. The van der Waals surface area contributed by atoms with Gasteiger partial charge < -0.3 is 51.8 Å². The molecule has 4 bridgehead atoms. The highest BCUT2D eigenvalue weighted by Gasteiger charge is 2.66. The first-order chi connectivity index (χ1) is 50.8. The number of benzene rings is 3. The van der Waals surface area contributed by atoms with Crippen LogP contribution in [0.25, 0.3) is 21.3 Å². The summed E-state index contributed by atoms with van der Waals surface area (Å²) in [7, 11) is -4.54. The maximum absolute atomic E-state index is 14.4. The number of fused-ring (bicyclic) bond motifs is 2. The van der Waals surface area contributed by atoms with Crippen molar-refractivity contribution in [3.63, 3.8) is 0 Å². The van der Waals surface area contributed by atoms with Crippen LogP contribution in [0.2, 0.25) is 0 Å². The SMILES string of the molecule is Cc1c(-c2ccc(N3CCc4cccc(C(=O)Nc5nc6ccccc6s5)c4C3)nc2C(=O)O)cnn1CC12CC3(C)CC(C)(C1)CC(OCCN(CCS(=O)(=O)O)C(=O)OCc1ccc(NC(=O)N(C(=O)[C@@H](NC(=O)CCCCCNC(=O)CN4C(=O)C=CC4=O)C(C)C)[C@@H](CCCN)C(N)=O)cc1)(C3)C2. The molecule has 4 saturated carbocycles. The zero-order valence-electron chi connectivity index (χ0n) is 60.6. The van der Waals surface area contributed by atoms with Gasteiger partial charge in [0.25, 0.3) is 33.7 Å². The molecular formula is C75H92N14O16S2. The Morgan fingerprint density at radius 1 is 0.813 bits per heavy atom. The van der Waals surface area contributed by atoms with Gasteiger partial charge in [0.05, 0.1) is 34.4 Å². The molecule has 0 saturated heterocycles. The van der Waals surface area contributed by atoms with Crippen molar-refractivity contribution in [2.45, 2.75) is 155 Å². The molecule has 0 spiro atoms. The smallest absolute Gasteiger partial charge is 0.410 e. The minimum atomic E-state index is -4.54. The van der Waals surface area contributed by atoms with Crippen molar-refractivity contribution in [3.8, 4) is 11.1 Å². The van der Waals surface area contributed by atoms with Crippen LogP contribution in [-0.4, -0.2) is 181 Å². The number of aromatic nitrogens is 4. The minimum Gasteiger partial charge on any atom is -0.476 e. The average Bonchev–Trinajstić information content (AvgIpc) is 1.05. The lowest BCUT2D eigenvalue weighted by Gasteiger charge is -2.69. The maximum atomic E-state index is 14.4. The monoisotopic (exact) mass is 1510 g/mol. The van der Waals surface area contributed by atoms with Crippen LogP contribution < -0.4 is 37.6 Å². The van der Waals surface area contributed by atoms with Crippen LogP contribution in [0.1, 0.15) is 148 Å². The molecule has 3 aromatic carbocycles. The number of carboxylic acid groups (broad SMARTS) is 1. The van der Waals surface area contributed by atoms with E-state index < -0.39 is 106 Å². The molecule has 6 aliphatic rings. The lowest BCUT2D eigenvalue weighted by atomic mass is 9.39. The van der Waals surface area contributed by atoms with Gasteiger partial charge in [0.2, 0.25) is 17.7 Å². The summed E-state index contributed by atoms with van der Waals surface area (Å²) >= 11 is 1.39. The first-order valence-corrected chi connectivity index (χ1v) is 38.4. The first-order valence-electron chi connectivity index (χ1n) is 36.0. The van der Waals surface area contributed by atoms with E-state index in [1.165, 1.54) is 35.6 Å². The number of anilines is 3. The third-order valence-electron chi connectivity index (χ3n) is 20.8. The van der Waals surface area contributed by atoms with Crippen molar-refractivity contribution < 1.29 is 75.5 Å². The zero-order chi connectivity index (χ0) is 76.8. The second-order valence-electron chi connectivity index (χ2n) is 30.0. The van der Waals surface area contributed by atoms with Gasteiger partial charge in [0.15, 0.2) is 10.8 Å². The molecule has 2 unspecified atom stereocenters. The summed E-state index contributed by atoms with van der Waals surface area (Å²) in [4.78, 5) is 146. The lowest BCUT2D eigenvalue weighted by molar-refractivity contribution is -0.248. The number of hydrogen-bond acceptors (Lipinski definition) is 20. The first kappa shape index (κ1) is 78.1. The number of nitrogens with zero attached hydrogens (tertiary/aromatic N) is 8. The number of ether oxygens (including phenoxy) is 2. The summed E-state index contributed by atoms with van der Waals surface area (Å²) in [6.45, 7) is 10.3. The molecule has 5 heterocycles. The quantitative estimate of drug-likeness (QED) is 0.0111. The van der Waals surface area contributed by atoms with E-state index in [1.807, 2.05) is 59.0 Å². The zero-order valence-corrected chi connectivity index (χ0v) is 62.2. The van der Waals surface area contributed by atoms with Gasteiger partial charge in [0.1, 0.15) is 31.1 Å². The van der Waals surface area contributed by atoms with Crippen LogP contribution in [0.3, 0.4) is 0 Å². The van der Waals surface area contributed by atoms with E-state index in [1.54, 1.807) is 32.2 Å². The fourth-order valence-electron chi connectivity index (χ4n) is 17.0. The highest BCUT2D eigenvalue weighted by atomic mass is 32.2. The van der Waals surface area contributed by atoms with Crippen LogP contribution in [-0.2, 0) is 74.5 Å². The number of nitrogens with two attached hydrogens (primary N) is 2. The van der Waals surface area contributed by atoms with Gasteiger partial charge in [-0.25, -0.2) is 29.3 Å². The second kappa shape index (κ2) is 32.6. The Labute approximate surface area is 623 Å². The van der Waals surface area contributed by atoms with Gasteiger partial charge in [-0.3, -0.25) is 53.0 Å². The number of thiazole rings is 1. The molecule has 10 amide bonds. The minimum absolute atomic E-state index is 0.00152. The largest absolute Gasteiger partial charge is 0.476 e. The van der Waals surface area contributed by atoms with E-state index in [0.29, 0.717) is 89.8 Å². The van der Waals surface area contributed by atoms with Crippen LogP contribution in [0, 0.1) is 29.1 Å². The van der Waals surface area contributed by atoms with E-state index in [-0.39, 0.29) is 85.6 Å². The molecule has 2 aliphatic heterocycles. The lowest BCUT2D eigenvalue weighted by Crippen LogP contribution is -2.64. The number of hydrogen-bond donors (Lipinski definition) is 8. The molecule has 107 heavy (non-hydrogen) atoms. The Bertz CT molecular complexity index is 4510. The number of carbonyl (C=O) groups is 10. The number of unbranched alkanes of at least 4 members (excludes halogenated alkanes) is 2. The van der Waals surface area contributed by atoms with Crippen molar-refractivity contribution in [1.82, 2.24) is 45.1 Å². The van der Waals surface area contributed by atoms with Crippen LogP contribution in [0.4, 0.5) is 26.2 Å². The van der Waals surface area contributed by atoms with Gasteiger partial charge >= 0.3 is 18.1 Å². The van der Waals surface area contributed by atoms with Crippen molar-refractivity contribution in [2.24, 2.45) is 33.6 Å². The van der Waals surface area contributed by atoms with Crippen molar-refractivity contribution in [1.29, 1.82) is 0 Å². The molecule has 12 rings (SSSR count). The average molecular weight is 1510 g/mol. The summed E-state index contributed by atoms with van der Waals surface area (Å²) in [5.41, 5.74) is 15.8. The summed E-state index contributed by atoms with van der Waals surface area (Å²) in [5, 5.41) is 27.1. The van der Waals surface area contributed by atoms with Crippen molar-refractivity contribution in [3.05, 3.63) is 131 Å². The molecule has 3 aromatic heterocycles. The molecule has 4 aliphatic carbocycles. The number of primary amides is 1. The van der Waals surface area contributed by atoms with Crippen molar-refractivity contribution >= 4 is 108 Å². The number of aromatic carboxylic acids is 1. The highest BCUT2D eigenvalue weighted by Crippen LogP contribution is 2.72. The Morgan fingerprint density at radius 2 is 1.54 bits per heavy atom. The number of pyridine rings is 1. The molecule has 32 heteroatoms. The fraction of sp³-hybridized carbons (Fsp3) is 0.480. The van der Waals surface area contributed by atoms with Crippen LogP contribution in [0.5, 0.6) is 0 Å².